The lowest BCUT2D eigenvalue weighted by molar-refractivity contribution is -0.385. The predicted octanol–water partition coefficient (Wildman–Crippen LogP) is 2.05. The number of hydrogen-bond acceptors (Lipinski definition) is 4. The van der Waals surface area contributed by atoms with E-state index in [9.17, 15) is 14.9 Å². The highest BCUT2D eigenvalue weighted by Gasteiger charge is 2.23. The second-order valence-electron chi connectivity index (χ2n) is 5.00. The van der Waals surface area contributed by atoms with E-state index in [1.165, 1.54) is 0 Å². The number of amides is 1. The third kappa shape index (κ3) is 3.55. The fourth-order valence-electron chi connectivity index (χ4n) is 2.43. The summed E-state index contributed by atoms with van der Waals surface area (Å²) in [6, 6.07) is 5.16. The molecule has 2 N–H and O–H groups in total. The van der Waals surface area contributed by atoms with E-state index < -0.39 is 4.92 Å². The van der Waals surface area contributed by atoms with Crippen molar-refractivity contribution < 1.29 is 9.72 Å². The summed E-state index contributed by atoms with van der Waals surface area (Å²) >= 11 is 3.17. The number of piperidine rings is 1. The van der Waals surface area contributed by atoms with Crippen LogP contribution >= 0.6 is 15.9 Å². The number of halogens is 1. The zero-order valence-corrected chi connectivity index (χ0v) is 12.5. The Balaban J connectivity index is 1.99. The van der Waals surface area contributed by atoms with Crippen LogP contribution in [0.5, 0.6) is 0 Å². The van der Waals surface area contributed by atoms with Crippen LogP contribution in [0.4, 0.5) is 5.69 Å². The van der Waals surface area contributed by atoms with Gasteiger partial charge in [-0.15, -0.1) is 0 Å². The minimum atomic E-state index is -0.396. The number of hydrogen-bond donors (Lipinski definition) is 1. The van der Waals surface area contributed by atoms with E-state index in [-0.39, 0.29) is 17.5 Å². The van der Waals surface area contributed by atoms with Crippen LogP contribution in [0.1, 0.15) is 18.4 Å². The molecule has 1 fully saturated rings. The molecule has 0 saturated carbocycles. The molecule has 1 aliphatic heterocycles. The highest BCUT2D eigenvalue weighted by molar-refractivity contribution is 9.10. The quantitative estimate of drug-likeness (QED) is 0.670. The zero-order valence-electron chi connectivity index (χ0n) is 10.9. The van der Waals surface area contributed by atoms with Gasteiger partial charge in [-0.2, -0.15) is 0 Å². The van der Waals surface area contributed by atoms with Gasteiger partial charge in [0.2, 0.25) is 5.91 Å². The molecule has 0 radical (unpaired) electrons. The number of carbonyl (C=O) groups is 1. The fraction of sp³-hybridized carbons (Fsp3) is 0.462. The van der Waals surface area contributed by atoms with Crippen molar-refractivity contribution in [3.8, 4) is 0 Å². The molecule has 7 heteroatoms. The first-order valence-electron chi connectivity index (χ1n) is 6.42. The Hall–Kier alpha value is -1.47. The molecule has 1 saturated heterocycles. The maximum Gasteiger partial charge on any atom is 0.283 e. The van der Waals surface area contributed by atoms with Crippen LogP contribution in [0.2, 0.25) is 0 Å². The normalized spacial score (nSPS) is 17.1. The third-order valence-electron chi connectivity index (χ3n) is 3.60. The van der Waals surface area contributed by atoms with E-state index in [0.717, 1.165) is 31.5 Å². The maximum atomic E-state index is 11.1. The first-order valence-corrected chi connectivity index (χ1v) is 7.21. The van der Waals surface area contributed by atoms with E-state index in [4.69, 9.17) is 5.73 Å². The Morgan fingerprint density at radius 3 is 2.65 bits per heavy atom. The van der Waals surface area contributed by atoms with Crippen molar-refractivity contribution in [2.24, 2.45) is 11.7 Å². The molecule has 0 spiro atoms. The number of rotatable bonds is 4. The van der Waals surface area contributed by atoms with Crippen LogP contribution in [0.25, 0.3) is 0 Å². The second kappa shape index (κ2) is 6.32. The Labute approximate surface area is 125 Å². The maximum absolute atomic E-state index is 11.1. The van der Waals surface area contributed by atoms with E-state index in [2.05, 4.69) is 20.8 Å². The second-order valence-corrected chi connectivity index (χ2v) is 5.85. The lowest BCUT2D eigenvalue weighted by Gasteiger charge is -2.30. The van der Waals surface area contributed by atoms with Gasteiger partial charge in [-0.05, 0) is 53.5 Å². The standard InChI is InChI=1S/C13H16BrN3O3/c14-11-2-1-9(7-12(11)17(19)20)8-16-5-3-10(4-6-16)13(15)18/h1-2,7,10H,3-6,8H2,(H2,15,18). The molecule has 1 aliphatic rings. The van der Waals surface area contributed by atoms with Gasteiger partial charge in [0, 0.05) is 18.5 Å². The van der Waals surface area contributed by atoms with Crippen LogP contribution in [-0.4, -0.2) is 28.8 Å². The number of nitrogens with zero attached hydrogens (tertiary/aromatic N) is 2. The molecule has 108 valence electrons. The number of nitro benzene ring substituents is 1. The molecule has 0 aliphatic carbocycles. The van der Waals surface area contributed by atoms with Crippen molar-refractivity contribution in [3.63, 3.8) is 0 Å². The first-order chi connectivity index (χ1) is 9.47. The molecular weight excluding hydrogens is 326 g/mol. The fourth-order valence-corrected chi connectivity index (χ4v) is 2.82. The zero-order chi connectivity index (χ0) is 14.7. The summed E-state index contributed by atoms with van der Waals surface area (Å²) in [5, 5.41) is 10.9. The van der Waals surface area contributed by atoms with E-state index >= 15 is 0 Å². The molecule has 1 heterocycles. The van der Waals surface area contributed by atoms with E-state index in [1.54, 1.807) is 12.1 Å². The molecule has 1 aromatic rings. The van der Waals surface area contributed by atoms with Gasteiger partial charge in [0.15, 0.2) is 0 Å². The minimum Gasteiger partial charge on any atom is -0.369 e. The smallest absolute Gasteiger partial charge is 0.283 e. The number of primary amides is 1. The molecule has 1 amide bonds. The summed E-state index contributed by atoms with van der Waals surface area (Å²) in [6.07, 6.45) is 1.52. The molecular formula is C13H16BrN3O3. The average molecular weight is 342 g/mol. The highest BCUT2D eigenvalue weighted by Crippen LogP contribution is 2.27. The van der Waals surface area contributed by atoms with Crippen molar-refractivity contribution in [1.29, 1.82) is 0 Å². The summed E-state index contributed by atoms with van der Waals surface area (Å²) in [4.78, 5) is 23.8. The summed E-state index contributed by atoms with van der Waals surface area (Å²) in [5.74, 6) is -0.269. The number of nitrogens with two attached hydrogens (primary N) is 1. The Morgan fingerprint density at radius 2 is 2.10 bits per heavy atom. The number of carbonyl (C=O) groups excluding carboxylic acids is 1. The van der Waals surface area contributed by atoms with Crippen LogP contribution in [0, 0.1) is 16.0 Å². The van der Waals surface area contributed by atoms with Gasteiger partial charge in [-0.1, -0.05) is 6.07 Å². The van der Waals surface area contributed by atoms with Gasteiger partial charge < -0.3 is 5.73 Å². The lowest BCUT2D eigenvalue weighted by Crippen LogP contribution is -2.38. The van der Waals surface area contributed by atoms with E-state index in [0.29, 0.717) is 11.0 Å². The lowest BCUT2D eigenvalue weighted by atomic mass is 9.96. The average Bonchev–Trinajstić information content (AvgIpc) is 2.41. The molecule has 0 unspecified atom stereocenters. The van der Waals surface area contributed by atoms with Gasteiger partial charge in [0.05, 0.1) is 9.40 Å². The summed E-state index contributed by atoms with van der Waals surface area (Å²) < 4.78 is 0.485. The summed E-state index contributed by atoms with van der Waals surface area (Å²) in [7, 11) is 0. The molecule has 1 aromatic carbocycles. The van der Waals surface area contributed by atoms with Crippen molar-refractivity contribution >= 4 is 27.5 Å². The topological polar surface area (TPSA) is 89.5 Å². The molecule has 0 bridgehead atoms. The molecule has 6 nitrogen and oxygen atoms in total. The number of likely N-dealkylation sites (tertiary alicyclic amines) is 1. The molecule has 0 aromatic heterocycles. The van der Waals surface area contributed by atoms with Crippen molar-refractivity contribution in [1.82, 2.24) is 4.90 Å². The predicted molar refractivity (Wildman–Crippen MR) is 78.0 cm³/mol. The summed E-state index contributed by atoms with van der Waals surface area (Å²) in [6.45, 7) is 2.23. The van der Waals surface area contributed by atoms with Crippen LogP contribution < -0.4 is 5.73 Å². The van der Waals surface area contributed by atoms with Gasteiger partial charge in [0.25, 0.3) is 5.69 Å². The van der Waals surface area contributed by atoms with Crippen molar-refractivity contribution in [2.75, 3.05) is 13.1 Å². The number of nitro groups is 1. The Bertz CT molecular complexity index is 528. The first kappa shape index (κ1) is 14.9. The van der Waals surface area contributed by atoms with Gasteiger partial charge >= 0.3 is 0 Å². The van der Waals surface area contributed by atoms with Crippen LogP contribution in [0.3, 0.4) is 0 Å². The van der Waals surface area contributed by atoms with Crippen molar-refractivity contribution in [3.05, 3.63) is 38.3 Å². The van der Waals surface area contributed by atoms with Crippen LogP contribution in [0.15, 0.2) is 22.7 Å². The SMILES string of the molecule is NC(=O)C1CCN(Cc2ccc(Br)c([N+](=O)[O-])c2)CC1. The monoisotopic (exact) mass is 341 g/mol. The molecule has 20 heavy (non-hydrogen) atoms. The van der Waals surface area contributed by atoms with Gasteiger partial charge in [0.1, 0.15) is 0 Å². The van der Waals surface area contributed by atoms with Crippen LogP contribution in [-0.2, 0) is 11.3 Å². The molecule has 2 rings (SSSR count). The minimum absolute atomic E-state index is 0.0366. The Morgan fingerprint density at radius 1 is 1.45 bits per heavy atom. The van der Waals surface area contributed by atoms with Gasteiger partial charge in [-0.25, -0.2) is 0 Å². The highest BCUT2D eigenvalue weighted by atomic mass is 79.9. The van der Waals surface area contributed by atoms with E-state index in [1.807, 2.05) is 6.07 Å². The van der Waals surface area contributed by atoms with Crippen molar-refractivity contribution in [2.45, 2.75) is 19.4 Å². The Kier molecular flexibility index (Phi) is 4.72. The number of benzene rings is 1. The molecule has 0 atom stereocenters. The third-order valence-corrected chi connectivity index (χ3v) is 4.27. The summed E-state index contributed by atoms with van der Waals surface area (Å²) in [5.41, 5.74) is 6.28. The van der Waals surface area contributed by atoms with Gasteiger partial charge in [-0.3, -0.25) is 19.8 Å². The largest absolute Gasteiger partial charge is 0.369 e.